The number of halogens is 1. The number of hydrogen-bond donors (Lipinski definition) is 1. The van der Waals surface area contributed by atoms with Gasteiger partial charge in [-0.3, -0.25) is 4.79 Å². The highest BCUT2D eigenvalue weighted by atomic mass is 35.5. The topological polar surface area (TPSA) is 68.0 Å². The lowest BCUT2D eigenvalue weighted by atomic mass is 10.4. The highest BCUT2D eigenvalue weighted by Gasteiger charge is 2.29. The zero-order valence-corrected chi connectivity index (χ0v) is 8.25. The van der Waals surface area contributed by atoms with Gasteiger partial charge in [0.25, 0.3) is 0 Å². The highest BCUT2D eigenvalue weighted by Crippen LogP contribution is 2.38. The minimum Gasteiger partial charge on any atom is -0.348 e. The third-order valence-electron chi connectivity index (χ3n) is 1.98. The van der Waals surface area contributed by atoms with Gasteiger partial charge in [0, 0.05) is 5.92 Å². The number of nitrogens with zero attached hydrogens (tertiary/aromatic N) is 2. The first-order valence-corrected chi connectivity index (χ1v) is 4.98. The lowest BCUT2D eigenvalue weighted by Gasteiger charge is -1.96. The van der Waals surface area contributed by atoms with Gasteiger partial charge < -0.3 is 9.84 Å². The van der Waals surface area contributed by atoms with E-state index in [1.54, 1.807) is 0 Å². The Morgan fingerprint density at radius 2 is 2.43 bits per heavy atom. The molecule has 0 aromatic carbocycles. The molecule has 1 aromatic rings. The second-order valence-electron chi connectivity index (χ2n) is 3.23. The van der Waals surface area contributed by atoms with Crippen LogP contribution in [0.4, 0.5) is 0 Å². The quantitative estimate of drug-likeness (QED) is 0.755. The molecule has 6 heteroatoms. The molecule has 14 heavy (non-hydrogen) atoms. The van der Waals surface area contributed by atoms with Crippen molar-refractivity contribution in [2.24, 2.45) is 0 Å². The highest BCUT2D eigenvalue weighted by molar-refractivity contribution is 6.27. The lowest BCUT2D eigenvalue weighted by molar-refractivity contribution is -0.118. The number of alkyl halides is 1. The minimum absolute atomic E-state index is 0.0483. The molecule has 1 amide bonds. The molecule has 1 N–H and O–H groups in total. The van der Waals surface area contributed by atoms with Crippen LogP contribution in [0.3, 0.4) is 0 Å². The van der Waals surface area contributed by atoms with Crippen LogP contribution in [-0.4, -0.2) is 21.9 Å². The van der Waals surface area contributed by atoms with Crippen molar-refractivity contribution in [1.29, 1.82) is 0 Å². The van der Waals surface area contributed by atoms with Crippen molar-refractivity contribution in [3.8, 4) is 0 Å². The Labute approximate surface area is 85.8 Å². The van der Waals surface area contributed by atoms with Crippen molar-refractivity contribution in [1.82, 2.24) is 15.5 Å². The Morgan fingerprint density at radius 3 is 3.07 bits per heavy atom. The molecule has 1 heterocycles. The largest absolute Gasteiger partial charge is 0.348 e. The van der Waals surface area contributed by atoms with Crippen molar-refractivity contribution in [2.45, 2.75) is 25.3 Å². The first-order valence-electron chi connectivity index (χ1n) is 4.44. The van der Waals surface area contributed by atoms with Crippen molar-refractivity contribution in [3.05, 3.63) is 11.7 Å². The summed E-state index contributed by atoms with van der Waals surface area (Å²) in [6.07, 6.45) is 2.24. The second kappa shape index (κ2) is 3.96. The number of amides is 1. The van der Waals surface area contributed by atoms with E-state index in [-0.39, 0.29) is 18.3 Å². The van der Waals surface area contributed by atoms with Crippen LogP contribution in [0.25, 0.3) is 0 Å². The molecule has 0 spiro atoms. The molecule has 0 radical (unpaired) electrons. The number of carbonyl (C=O) groups is 1. The van der Waals surface area contributed by atoms with Crippen LogP contribution in [0.1, 0.15) is 30.5 Å². The van der Waals surface area contributed by atoms with Crippen LogP contribution in [0, 0.1) is 0 Å². The zero-order chi connectivity index (χ0) is 9.97. The molecular weight excluding hydrogens is 206 g/mol. The van der Waals surface area contributed by atoms with E-state index in [4.69, 9.17) is 16.1 Å². The molecule has 76 valence electrons. The van der Waals surface area contributed by atoms with Crippen LogP contribution >= 0.6 is 11.6 Å². The second-order valence-corrected chi connectivity index (χ2v) is 3.50. The molecule has 0 bridgehead atoms. The molecule has 0 aliphatic heterocycles. The van der Waals surface area contributed by atoms with Crippen LogP contribution in [-0.2, 0) is 11.3 Å². The Morgan fingerprint density at radius 1 is 1.64 bits per heavy atom. The van der Waals surface area contributed by atoms with E-state index in [1.807, 2.05) is 0 Å². The molecule has 2 rings (SSSR count). The number of rotatable bonds is 4. The normalized spacial score (nSPS) is 15.5. The van der Waals surface area contributed by atoms with E-state index in [1.165, 1.54) is 0 Å². The van der Waals surface area contributed by atoms with Gasteiger partial charge in [-0.2, -0.15) is 4.98 Å². The molecule has 5 nitrogen and oxygen atoms in total. The number of carbonyl (C=O) groups excluding carboxylic acids is 1. The maximum atomic E-state index is 10.8. The fourth-order valence-corrected chi connectivity index (χ4v) is 1.15. The van der Waals surface area contributed by atoms with Crippen LogP contribution in [0.2, 0.25) is 0 Å². The molecule has 0 saturated heterocycles. The average molecular weight is 216 g/mol. The maximum Gasteiger partial charge on any atom is 0.235 e. The fraction of sp³-hybridized carbons (Fsp3) is 0.625. The first-order chi connectivity index (χ1) is 6.79. The summed E-state index contributed by atoms with van der Waals surface area (Å²) in [4.78, 5) is 15.0. The van der Waals surface area contributed by atoms with Gasteiger partial charge >= 0.3 is 0 Å². The number of hydrogen-bond acceptors (Lipinski definition) is 4. The van der Waals surface area contributed by atoms with E-state index >= 15 is 0 Å². The van der Waals surface area contributed by atoms with Crippen molar-refractivity contribution in [2.75, 3.05) is 5.88 Å². The van der Waals surface area contributed by atoms with Gasteiger partial charge in [-0.15, -0.1) is 11.6 Å². The lowest BCUT2D eigenvalue weighted by Crippen LogP contribution is -2.24. The summed E-state index contributed by atoms with van der Waals surface area (Å²) in [6, 6.07) is 0. The van der Waals surface area contributed by atoms with Gasteiger partial charge in [0.15, 0.2) is 5.82 Å². The van der Waals surface area contributed by atoms with Crippen molar-refractivity contribution >= 4 is 17.5 Å². The molecule has 1 fully saturated rings. The molecule has 1 saturated carbocycles. The van der Waals surface area contributed by atoms with Gasteiger partial charge in [-0.25, -0.2) is 0 Å². The van der Waals surface area contributed by atoms with Gasteiger partial charge in [-0.05, 0) is 12.8 Å². The summed E-state index contributed by atoms with van der Waals surface area (Å²) in [5, 5.41) is 6.31. The van der Waals surface area contributed by atoms with Gasteiger partial charge in [0.05, 0.1) is 6.54 Å². The predicted octanol–water partition coefficient (Wildman–Crippen LogP) is 0.802. The standard InChI is InChI=1S/C8H10ClN3O2/c9-3-7(13)10-4-6-11-8(14-12-6)5-1-2-5/h5H,1-4H2,(H,10,13). The number of aromatic nitrogens is 2. The van der Waals surface area contributed by atoms with Crippen molar-refractivity contribution in [3.63, 3.8) is 0 Å². The molecular formula is C8H10ClN3O2. The van der Waals surface area contributed by atoms with E-state index < -0.39 is 0 Å². The molecule has 1 aliphatic carbocycles. The number of nitrogens with one attached hydrogen (secondary N) is 1. The molecule has 0 unspecified atom stereocenters. The molecule has 0 atom stereocenters. The smallest absolute Gasteiger partial charge is 0.235 e. The van der Waals surface area contributed by atoms with Crippen molar-refractivity contribution < 1.29 is 9.32 Å². The summed E-state index contributed by atoms with van der Waals surface area (Å²) >= 11 is 5.31. The van der Waals surface area contributed by atoms with Gasteiger partial charge in [0.1, 0.15) is 5.88 Å². The third-order valence-corrected chi connectivity index (χ3v) is 2.22. The van der Waals surface area contributed by atoms with Crippen LogP contribution in [0.5, 0.6) is 0 Å². The maximum absolute atomic E-state index is 10.8. The van der Waals surface area contributed by atoms with E-state index in [9.17, 15) is 4.79 Å². The zero-order valence-electron chi connectivity index (χ0n) is 7.49. The first kappa shape index (κ1) is 9.45. The fourth-order valence-electron chi connectivity index (χ4n) is 1.06. The van der Waals surface area contributed by atoms with Gasteiger partial charge in [0.2, 0.25) is 11.8 Å². The van der Waals surface area contributed by atoms with Gasteiger partial charge in [-0.1, -0.05) is 5.16 Å². The Bertz CT molecular complexity index is 335. The predicted molar refractivity (Wildman–Crippen MR) is 48.8 cm³/mol. The molecule has 1 aromatic heterocycles. The summed E-state index contributed by atoms with van der Waals surface area (Å²) in [7, 11) is 0. The summed E-state index contributed by atoms with van der Waals surface area (Å²) in [6.45, 7) is 0.280. The van der Waals surface area contributed by atoms with Crippen LogP contribution in [0.15, 0.2) is 4.52 Å². The third kappa shape index (κ3) is 2.23. The summed E-state index contributed by atoms with van der Waals surface area (Å²) in [5.74, 6) is 1.35. The Hall–Kier alpha value is -1.10. The SMILES string of the molecule is O=C(CCl)NCc1noc(C2CC2)n1. The van der Waals surface area contributed by atoms with E-state index in [0.717, 1.165) is 12.8 Å². The summed E-state index contributed by atoms with van der Waals surface area (Å²) in [5.41, 5.74) is 0. The minimum atomic E-state index is -0.232. The van der Waals surface area contributed by atoms with Crippen LogP contribution < -0.4 is 5.32 Å². The summed E-state index contributed by atoms with van der Waals surface area (Å²) < 4.78 is 5.01. The average Bonchev–Trinajstić information content (AvgIpc) is 2.95. The molecule has 1 aliphatic rings. The monoisotopic (exact) mass is 215 g/mol. The van der Waals surface area contributed by atoms with E-state index in [0.29, 0.717) is 17.6 Å². The van der Waals surface area contributed by atoms with E-state index in [2.05, 4.69) is 15.5 Å². The Kier molecular flexibility index (Phi) is 2.67. The Balaban J connectivity index is 1.86.